The summed E-state index contributed by atoms with van der Waals surface area (Å²) in [4.78, 5) is 19.5. The highest BCUT2D eigenvalue weighted by Gasteiger charge is 2.14. The molecule has 2 aromatic heterocycles. The zero-order valence-electron chi connectivity index (χ0n) is 13.2. The maximum Gasteiger partial charge on any atom is 0.229 e. The molecule has 3 aromatic rings. The number of H-pyrrole nitrogens is 1. The van der Waals surface area contributed by atoms with Crippen LogP contribution in [0.4, 0.5) is 5.69 Å². The van der Waals surface area contributed by atoms with Crippen molar-refractivity contribution in [2.75, 3.05) is 5.32 Å². The quantitative estimate of drug-likeness (QED) is 0.686. The van der Waals surface area contributed by atoms with Crippen LogP contribution in [0.2, 0.25) is 0 Å². The molecule has 23 heavy (non-hydrogen) atoms. The Morgan fingerprint density at radius 1 is 1.43 bits per heavy atom. The van der Waals surface area contributed by atoms with Crippen LogP contribution in [-0.2, 0) is 11.2 Å². The first-order valence-corrected chi connectivity index (χ1v) is 7.33. The maximum absolute atomic E-state index is 12.2. The summed E-state index contributed by atoms with van der Waals surface area (Å²) in [7, 11) is 0. The van der Waals surface area contributed by atoms with Crippen LogP contribution in [0.25, 0.3) is 11.0 Å². The van der Waals surface area contributed by atoms with Crippen molar-refractivity contribution < 1.29 is 14.4 Å². The average molecular weight is 314 g/mol. The Bertz CT molecular complexity index is 844. The molecule has 1 unspecified atom stereocenters. The number of aromatic amines is 1. The molecular formula is C16H18N4O3. The zero-order valence-corrected chi connectivity index (χ0v) is 13.2. The second-order valence-electron chi connectivity index (χ2n) is 5.56. The molecule has 7 heteroatoms. The minimum Gasteiger partial charge on any atom is -0.385 e. The lowest BCUT2D eigenvalue weighted by molar-refractivity contribution is -0.115. The summed E-state index contributed by atoms with van der Waals surface area (Å²) in [6.07, 6.45) is -0.457. The van der Waals surface area contributed by atoms with Crippen molar-refractivity contribution in [3.8, 4) is 0 Å². The van der Waals surface area contributed by atoms with Crippen LogP contribution in [0, 0.1) is 13.8 Å². The molecule has 0 saturated carbocycles. The Hall–Kier alpha value is -2.67. The van der Waals surface area contributed by atoms with E-state index in [0.717, 1.165) is 22.3 Å². The number of aliphatic hydroxyl groups is 1. The summed E-state index contributed by atoms with van der Waals surface area (Å²) >= 11 is 0. The van der Waals surface area contributed by atoms with Gasteiger partial charge in [-0.2, -0.15) is 0 Å². The summed E-state index contributed by atoms with van der Waals surface area (Å²) in [6.45, 7) is 5.24. The van der Waals surface area contributed by atoms with Crippen LogP contribution < -0.4 is 5.32 Å². The highest BCUT2D eigenvalue weighted by atomic mass is 16.5. The van der Waals surface area contributed by atoms with Gasteiger partial charge in [0.1, 0.15) is 17.7 Å². The summed E-state index contributed by atoms with van der Waals surface area (Å²) < 4.78 is 5.06. The lowest BCUT2D eigenvalue weighted by Crippen LogP contribution is -2.15. The molecule has 0 bridgehead atoms. The monoisotopic (exact) mass is 314 g/mol. The topological polar surface area (TPSA) is 104 Å². The lowest BCUT2D eigenvalue weighted by atomic mass is 10.1. The Labute approximate surface area is 132 Å². The van der Waals surface area contributed by atoms with Crippen molar-refractivity contribution in [3.05, 3.63) is 41.0 Å². The third-order valence-corrected chi connectivity index (χ3v) is 3.70. The van der Waals surface area contributed by atoms with Gasteiger partial charge in [-0.1, -0.05) is 5.16 Å². The van der Waals surface area contributed by atoms with Gasteiger partial charge in [-0.15, -0.1) is 0 Å². The number of rotatable bonds is 4. The molecule has 1 amide bonds. The number of anilines is 1. The van der Waals surface area contributed by atoms with E-state index in [0.29, 0.717) is 17.3 Å². The van der Waals surface area contributed by atoms with Gasteiger partial charge >= 0.3 is 0 Å². The van der Waals surface area contributed by atoms with Gasteiger partial charge in [-0.3, -0.25) is 4.79 Å². The molecule has 1 atom stereocenters. The molecule has 0 fully saturated rings. The number of benzene rings is 1. The van der Waals surface area contributed by atoms with Gasteiger partial charge < -0.3 is 19.9 Å². The van der Waals surface area contributed by atoms with E-state index in [2.05, 4.69) is 20.4 Å². The second kappa shape index (κ2) is 5.85. The third kappa shape index (κ3) is 3.09. The number of nitrogens with one attached hydrogen (secondary N) is 2. The first kappa shape index (κ1) is 15.2. The first-order chi connectivity index (χ1) is 10.9. The molecule has 0 aliphatic rings. The van der Waals surface area contributed by atoms with Crippen molar-refractivity contribution in [2.45, 2.75) is 33.3 Å². The van der Waals surface area contributed by atoms with Crippen LogP contribution in [0.3, 0.4) is 0 Å². The van der Waals surface area contributed by atoms with E-state index in [1.54, 1.807) is 32.0 Å². The van der Waals surface area contributed by atoms with Gasteiger partial charge in [-0.05, 0) is 39.0 Å². The molecule has 3 N–H and O–H groups in total. The number of amides is 1. The normalized spacial score (nSPS) is 12.5. The molecule has 120 valence electrons. The maximum atomic E-state index is 12.2. The van der Waals surface area contributed by atoms with E-state index >= 15 is 0 Å². The Balaban J connectivity index is 1.77. The Morgan fingerprint density at radius 2 is 2.22 bits per heavy atom. The van der Waals surface area contributed by atoms with Gasteiger partial charge in [0.25, 0.3) is 0 Å². The minimum absolute atomic E-state index is 0.144. The van der Waals surface area contributed by atoms with Gasteiger partial charge in [0.05, 0.1) is 23.1 Å². The highest BCUT2D eigenvalue weighted by Crippen LogP contribution is 2.20. The predicted molar refractivity (Wildman–Crippen MR) is 85.0 cm³/mol. The molecule has 3 rings (SSSR count). The second-order valence-corrected chi connectivity index (χ2v) is 5.56. The number of aryl methyl sites for hydroxylation is 2. The van der Waals surface area contributed by atoms with E-state index in [4.69, 9.17) is 4.52 Å². The van der Waals surface area contributed by atoms with Gasteiger partial charge in [0.15, 0.2) is 0 Å². The summed E-state index contributed by atoms with van der Waals surface area (Å²) in [5, 5.41) is 16.2. The fourth-order valence-electron chi connectivity index (χ4n) is 2.42. The van der Waals surface area contributed by atoms with Crippen LogP contribution in [0.1, 0.15) is 35.9 Å². The number of aliphatic hydroxyl groups excluding tert-OH is 1. The Morgan fingerprint density at radius 3 is 2.87 bits per heavy atom. The molecule has 2 heterocycles. The van der Waals surface area contributed by atoms with E-state index in [-0.39, 0.29) is 12.3 Å². The summed E-state index contributed by atoms with van der Waals surface area (Å²) in [5.41, 5.74) is 3.69. The lowest BCUT2D eigenvalue weighted by Gasteiger charge is -2.05. The van der Waals surface area contributed by atoms with Crippen molar-refractivity contribution in [1.29, 1.82) is 0 Å². The molecule has 0 aliphatic carbocycles. The summed E-state index contributed by atoms with van der Waals surface area (Å²) in [6, 6.07) is 5.36. The Kier molecular flexibility index (Phi) is 3.87. The van der Waals surface area contributed by atoms with Crippen molar-refractivity contribution >= 4 is 22.6 Å². The zero-order chi connectivity index (χ0) is 16.6. The molecule has 1 aromatic carbocycles. The molecule has 0 aliphatic heterocycles. The minimum atomic E-state index is -0.667. The number of fused-ring (bicyclic) bond motifs is 1. The molecule has 0 spiro atoms. The number of hydrogen-bond acceptors (Lipinski definition) is 5. The SMILES string of the molecule is Cc1noc(C)c1CC(=O)Nc1ccc2nc(C(C)O)[nH]c2c1. The largest absolute Gasteiger partial charge is 0.385 e. The number of carbonyl (C=O) groups is 1. The molecule has 0 radical (unpaired) electrons. The predicted octanol–water partition coefficient (Wildman–Crippen LogP) is 2.40. The van der Waals surface area contributed by atoms with E-state index < -0.39 is 6.10 Å². The van der Waals surface area contributed by atoms with Gasteiger partial charge in [0.2, 0.25) is 5.91 Å². The van der Waals surface area contributed by atoms with Crippen LogP contribution in [0.15, 0.2) is 22.7 Å². The fraction of sp³-hybridized carbons (Fsp3) is 0.312. The third-order valence-electron chi connectivity index (χ3n) is 3.70. The average Bonchev–Trinajstić information content (AvgIpc) is 3.05. The van der Waals surface area contributed by atoms with E-state index in [1.807, 2.05) is 6.92 Å². The van der Waals surface area contributed by atoms with E-state index in [1.165, 1.54) is 0 Å². The van der Waals surface area contributed by atoms with E-state index in [9.17, 15) is 9.90 Å². The standard InChI is InChI=1S/C16H18N4O3/c1-8-12(10(3)23-20-8)7-15(22)17-11-4-5-13-14(6-11)19-16(18-13)9(2)21/h4-6,9,21H,7H2,1-3H3,(H,17,22)(H,18,19). The number of hydrogen-bond donors (Lipinski definition) is 3. The number of carbonyl (C=O) groups excluding carboxylic acids is 1. The highest BCUT2D eigenvalue weighted by molar-refractivity contribution is 5.94. The van der Waals surface area contributed by atoms with Crippen molar-refractivity contribution in [1.82, 2.24) is 15.1 Å². The number of aromatic nitrogens is 3. The number of nitrogens with zero attached hydrogens (tertiary/aromatic N) is 2. The van der Waals surface area contributed by atoms with Crippen LogP contribution >= 0.6 is 0 Å². The van der Waals surface area contributed by atoms with Crippen LogP contribution in [0.5, 0.6) is 0 Å². The molecule has 7 nitrogen and oxygen atoms in total. The number of imidazole rings is 1. The van der Waals surface area contributed by atoms with Crippen molar-refractivity contribution in [2.24, 2.45) is 0 Å². The molecule has 0 saturated heterocycles. The smallest absolute Gasteiger partial charge is 0.229 e. The first-order valence-electron chi connectivity index (χ1n) is 7.33. The molecular weight excluding hydrogens is 296 g/mol. The van der Waals surface area contributed by atoms with Crippen LogP contribution in [-0.4, -0.2) is 26.1 Å². The fourth-order valence-corrected chi connectivity index (χ4v) is 2.42. The van der Waals surface area contributed by atoms with Gasteiger partial charge in [0, 0.05) is 11.3 Å². The van der Waals surface area contributed by atoms with Gasteiger partial charge in [-0.25, -0.2) is 4.98 Å². The summed E-state index contributed by atoms with van der Waals surface area (Å²) in [5.74, 6) is 1.01. The van der Waals surface area contributed by atoms with Crippen molar-refractivity contribution in [3.63, 3.8) is 0 Å².